The summed E-state index contributed by atoms with van der Waals surface area (Å²) < 4.78 is 5.00. The molecule has 0 spiro atoms. The average molecular weight is 280 g/mol. The average Bonchev–Trinajstić information content (AvgIpc) is 2.37. The van der Waals surface area contributed by atoms with Crippen LogP contribution in [-0.4, -0.2) is 80.5 Å². The van der Waals surface area contributed by atoms with Crippen molar-refractivity contribution in [1.29, 1.82) is 0 Å². The molecule has 1 fully saturated rings. The number of rotatable bonds is 7. The zero-order valence-corrected chi connectivity index (χ0v) is 10.9. The summed E-state index contributed by atoms with van der Waals surface area (Å²) in [6, 6.07) is 0. The van der Waals surface area contributed by atoms with Crippen LogP contribution in [0.5, 0.6) is 0 Å². The Hall–Kier alpha value is -0.280. The molecule has 0 amide bonds. The van der Waals surface area contributed by atoms with E-state index in [9.17, 15) is 20.4 Å². The molecule has 7 heteroatoms. The summed E-state index contributed by atoms with van der Waals surface area (Å²) in [6.07, 6.45) is -3.39. The SMILES string of the molecule is OCCCCC(O)C[C@@]1(O)[C@H](O)[C@@H](CO)OC[C@@H]1O. The second-order valence-electron chi connectivity index (χ2n) is 5.08. The lowest BCUT2D eigenvalue weighted by molar-refractivity contribution is -0.255. The highest BCUT2D eigenvalue weighted by Gasteiger charge is 2.51. The summed E-state index contributed by atoms with van der Waals surface area (Å²) in [6.45, 7) is -0.651. The van der Waals surface area contributed by atoms with E-state index in [1.165, 1.54) is 0 Å². The summed E-state index contributed by atoms with van der Waals surface area (Å²) in [4.78, 5) is 0. The third-order valence-corrected chi connectivity index (χ3v) is 3.60. The van der Waals surface area contributed by atoms with E-state index in [1.807, 2.05) is 0 Å². The van der Waals surface area contributed by atoms with Crippen LogP contribution in [0.1, 0.15) is 25.7 Å². The number of aliphatic hydroxyl groups is 6. The number of hydrogen-bond acceptors (Lipinski definition) is 7. The zero-order chi connectivity index (χ0) is 14.5. The molecule has 1 aliphatic rings. The fraction of sp³-hybridized carbons (Fsp3) is 1.00. The van der Waals surface area contributed by atoms with E-state index in [-0.39, 0.29) is 19.6 Å². The molecule has 0 aliphatic carbocycles. The molecule has 1 rings (SSSR count). The minimum Gasteiger partial charge on any atom is -0.396 e. The van der Waals surface area contributed by atoms with Crippen LogP contribution in [0, 0.1) is 0 Å². The van der Waals surface area contributed by atoms with Crippen LogP contribution in [-0.2, 0) is 4.74 Å². The van der Waals surface area contributed by atoms with Crippen molar-refractivity contribution in [1.82, 2.24) is 0 Å². The number of ether oxygens (including phenoxy) is 1. The minimum atomic E-state index is -1.90. The Morgan fingerprint density at radius 2 is 1.89 bits per heavy atom. The highest BCUT2D eigenvalue weighted by Crippen LogP contribution is 2.31. The molecular weight excluding hydrogens is 256 g/mol. The van der Waals surface area contributed by atoms with Crippen molar-refractivity contribution in [2.45, 2.75) is 55.7 Å². The Labute approximate surface area is 112 Å². The molecule has 1 saturated heterocycles. The lowest BCUT2D eigenvalue weighted by Gasteiger charge is -2.45. The van der Waals surface area contributed by atoms with Gasteiger partial charge >= 0.3 is 0 Å². The third kappa shape index (κ3) is 4.09. The van der Waals surface area contributed by atoms with Gasteiger partial charge in [-0.15, -0.1) is 0 Å². The first-order chi connectivity index (χ1) is 8.95. The van der Waals surface area contributed by atoms with Gasteiger partial charge in [-0.05, 0) is 19.3 Å². The Morgan fingerprint density at radius 3 is 2.47 bits per heavy atom. The Balaban J connectivity index is 2.59. The van der Waals surface area contributed by atoms with Crippen LogP contribution < -0.4 is 0 Å². The molecule has 114 valence electrons. The number of hydrogen-bond donors (Lipinski definition) is 6. The van der Waals surface area contributed by atoms with Crippen molar-refractivity contribution in [3.8, 4) is 0 Å². The van der Waals surface area contributed by atoms with Crippen LogP contribution in [0.15, 0.2) is 0 Å². The van der Waals surface area contributed by atoms with Gasteiger partial charge < -0.3 is 35.4 Å². The quantitative estimate of drug-likeness (QED) is 0.290. The molecule has 6 N–H and O–H groups in total. The smallest absolute Gasteiger partial charge is 0.124 e. The summed E-state index contributed by atoms with van der Waals surface area (Å²) in [5.74, 6) is 0. The lowest BCUT2D eigenvalue weighted by Crippen LogP contribution is -2.64. The van der Waals surface area contributed by atoms with Crippen LogP contribution in [0.2, 0.25) is 0 Å². The molecular formula is C12H24O7. The van der Waals surface area contributed by atoms with Gasteiger partial charge in [0, 0.05) is 13.0 Å². The van der Waals surface area contributed by atoms with Crippen LogP contribution in [0.25, 0.3) is 0 Å². The normalized spacial score (nSPS) is 37.3. The molecule has 7 nitrogen and oxygen atoms in total. The second kappa shape index (κ2) is 7.49. The maximum atomic E-state index is 10.3. The molecule has 19 heavy (non-hydrogen) atoms. The monoisotopic (exact) mass is 280 g/mol. The molecule has 0 bridgehead atoms. The van der Waals surface area contributed by atoms with Gasteiger partial charge in [0.25, 0.3) is 0 Å². The van der Waals surface area contributed by atoms with Crippen LogP contribution in [0.4, 0.5) is 0 Å². The maximum Gasteiger partial charge on any atom is 0.124 e. The predicted octanol–water partition coefficient (Wildman–Crippen LogP) is -2.26. The molecule has 5 atom stereocenters. The third-order valence-electron chi connectivity index (χ3n) is 3.60. The van der Waals surface area contributed by atoms with E-state index >= 15 is 0 Å². The van der Waals surface area contributed by atoms with Crippen molar-refractivity contribution in [2.75, 3.05) is 19.8 Å². The van der Waals surface area contributed by atoms with E-state index in [0.29, 0.717) is 19.3 Å². The highest BCUT2D eigenvalue weighted by molar-refractivity contribution is 5.01. The first-order valence-electron chi connectivity index (χ1n) is 6.55. The second-order valence-corrected chi connectivity index (χ2v) is 5.08. The standard InChI is InChI=1S/C12H24O7/c13-4-2-1-3-8(15)5-12(18)10(16)7-19-9(6-14)11(12)17/h8-11,13-18H,1-7H2/t8?,9-,10+,11-,12+/m1/s1. The first-order valence-corrected chi connectivity index (χ1v) is 6.55. The summed E-state index contributed by atoms with van der Waals surface area (Å²) in [5, 5.41) is 57.5. The molecule has 0 aromatic heterocycles. The van der Waals surface area contributed by atoms with Gasteiger partial charge in [0.05, 0.1) is 19.3 Å². The Kier molecular flexibility index (Phi) is 6.61. The highest BCUT2D eigenvalue weighted by atomic mass is 16.5. The molecule has 1 unspecified atom stereocenters. The topological polar surface area (TPSA) is 131 Å². The molecule has 0 radical (unpaired) electrons. The van der Waals surface area contributed by atoms with Crippen molar-refractivity contribution >= 4 is 0 Å². The fourth-order valence-corrected chi connectivity index (χ4v) is 2.35. The van der Waals surface area contributed by atoms with E-state index < -0.39 is 36.6 Å². The summed E-state index contributed by atoms with van der Waals surface area (Å²) >= 11 is 0. The molecule has 0 aromatic rings. The van der Waals surface area contributed by atoms with Crippen molar-refractivity contribution in [3.63, 3.8) is 0 Å². The van der Waals surface area contributed by atoms with Gasteiger partial charge in [-0.25, -0.2) is 0 Å². The summed E-state index contributed by atoms with van der Waals surface area (Å²) in [5.41, 5.74) is -1.90. The van der Waals surface area contributed by atoms with E-state index in [0.717, 1.165) is 0 Å². The van der Waals surface area contributed by atoms with Crippen molar-refractivity contribution in [3.05, 3.63) is 0 Å². The van der Waals surface area contributed by atoms with Crippen molar-refractivity contribution in [2.24, 2.45) is 0 Å². The van der Waals surface area contributed by atoms with Gasteiger partial charge in [0.15, 0.2) is 0 Å². The molecule has 1 aliphatic heterocycles. The van der Waals surface area contributed by atoms with Gasteiger partial charge in [-0.3, -0.25) is 0 Å². The number of aliphatic hydroxyl groups excluding tert-OH is 5. The molecule has 0 saturated carbocycles. The van der Waals surface area contributed by atoms with E-state index in [4.69, 9.17) is 14.9 Å². The van der Waals surface area contributed by atoms with Gasteiger partial charge in [0.1, 0.15) is 23.9 Å². The fourth-order valence-electron chi connectivity index (χ4n) is 2.35. The Bertz CT molecular complexity index is 262. The van der Waals surface area contributed by atoms with Gasteiger partial charge in [-0.2, -0.15) is 0 Å². The minimum absolute atomic E-state index is 0.0304. The van der Waals surface area contributed by atoms with E-state index in [1.54, 1.807) is 0 Å². The maximum absolute atomic E-state index is 10.3. The lowest BCUT2D eigenvalue weighted by atomic mass is 9.80. The van der Waals surface area contributed by atoms with Crippen LogP contribution >= 0.6 is 0 Å². The van der Waals surface area contributed by atoms with Crippen LogP contribution in [0.3, 0.4) is 0 Å². The molecule has 1 heterocycles. The first kappa shape index (κ1) is 16.8. The van der Waals surface area contributed by atoms with Gasteiger partial charge in [-0.1, -0.05) is 0 Å². The Morgan fingerprint density at radius 1 is 1.21 bits per heavy atom. The van der Waals surface area contributed by atoms with Crippen molar-refractivity contribution < 1.29 is 35.4 Å². The van der Waals surface area contributed by atoms with Gasteiger partial charge in [0.2, 0.25) is 0 Å². The number of unbranched alkanes of at least 4 members (excludes halogenated alkanes) is 1. The largest absolute Gasteiger partial charge is 0.396 e. The molecule has 0 aromatic carbocycles. The predicted molar refractivity (Wildman–Crippen MR) is 65.3 cm³/mol. The summed E-state index contributed by atoms with van der Waals surface area (Å²) in [7, 11) is 0. The zero-order valence-electron chi connectivity index (χ0n) is 10.9. The van der Waals surface area contributed by atoms with E-state index in [2.05, 4.69) is 0 Å².